The Morgan fingerprint density at radius 3 is 2.26 bits per heavy atom. The smallest absolute Gasteiger partial charge is 0.370 e. The fourth-order valence-corrected chi connectivity index (χ4v) is 1.81. The van der Waals surface area contributed by atoms with Crippen molar-refractivity contribution in [3.8, 4) is 0 Å². The molecule has 0 saturated carbocycles. The van der Waals surface area contributed by atoms with Crippen LogP contribution in [0.15, 0.2) is 42.0 Å². The summed E-state index contributed by atoms with van der Waals surface area (Å²) in [6.07, 6.45) is 0. The van der Waals surface area contributed by atoms with Crippen LogP contribution in [0.5, 0.6) is 0 Å². The van der Waals surface area contributed by atoms with E-state index in [1.165, 1.54) is 13.8 Å². The summed E-state index contributed by atoms with van der Waals surface area (Å²) in [6, 6.07) is 8.48. The Labute approximate surface area is 133 Å². The third kappa shape index (κ3) is 4.13. The number of esters is 2. The van der Waals surface area contributed by atoms with Gasteiger partial charge in [-0.25, -0.2) is 14.0 Å². The van der Waals surface area contributed by atoms with E-state index < -0.39 is 35.0 Å². The van der Waals surface area contributed by atoms with Gasteiger partial charge in [-0.05, 0) is 11.5 Å². The molecule has 7 heteroatoms. The van der Waals surface area contributed by atoms with Gasteiger partial charge in [0.25, 0.3) is 0 Å². The average Bonchev–Trinajstić information content (AvgIpc) is 2.57. The van der Waals surface area contributed by atoms with Crippen molar-refractivity contribution in [3.05, 3.63) is 47.5 Å². The SMILES string of the molecule is COC(=O)C(N)(/C(F)=C(\F)C(=O)OCc1ccccc1)C(C)C. The Morgan fingerprint density at radius 2 is 1.78 bits per heavy atom. The minimum absolute atomic E-state index is 0.238. The van der Waals surface area contributed by atoms with E-state index in [2.05, 4.69) is 9.47 Å². The molecule has 0 aromatic heterocycles. The number of hydrogen-bond donors (Lipinski definition) is 1. The summed E-state index contributed by atoms with van der Waals surface area (Å²) in [6.45, 7) is 2.57. The highest BCUT2D eigenvalue weighted by Gasteiger charge is 2.47. The largest absolute Gasteiger partial charge is 0.467 e. The standard InChI is InChI=1S/C16H19F2NO4/c1-10(2)16(19,15(21)22-3)13(18)12(17)14(20)23-9-11-7-5-4-6-8-11/h4-8,10H,9,19H2,1-3H3/b13-12+. The second-order valence-electron chi connectivity index (χ2n) is 5.20. The molecular formula is C16H19F2NO4. The Hall–Kier alpha value is -2.28. The first-order valence-electron chi connectivity index (χ1n) is 6.89. The highest BCUT2D eigenvalue weighted by Crippen LogP contribution is 2.29. The number of halogens is 2. The highest BCUT2D eigenvalue weighted by atomic mass is 19.2. The van der Waals surface area contributed by atoms with Gasteiger partial charge < -0.3 is 15.2 Å². The Morgan fingerprint density at radius 1 is 1.22 bits per heavy atom. The van der Waals surface area contributed by atoms with Crippen LogP contribution in [0.25, 0.3) is 0 Å². The molecular weight excluding hydrogens is 308 g/mol. The number of rotatable bonds is 6. The molecule has 0 fully saturated rings. The molecule has 0 saturated heterocycles. The summed E-state index contributed by atoms with van der Waals surface area (Å²) in [5, 5.41) is 0. The topological polar surface area (TPSA) is 78.6 Å². The first-order valence-corrected chi connectivity index (χ1v) is 6.89. The summed E-state index contributed by atoms with van der Waals surface area (Å²) in [5.74, 6) is -7.12. The van der Waals surface area contributed by atoms with Crippen LogP contribution in [0, 0.1) is 5.92 Å². The molecule has 0 spiro atoms. The fourth-order valence-electron chi connectivity index (χ4n) is 1.81. The summed E-state index contributed by atoms with van der Waals surface area (Å²) in [7, 11) is 0.991. The summed E-state index contributed by atoms with van der Waals surface area (Å²) < 4.78 is 37.4. The lowest BCUT2D eigenvalue weighted by Gasteiger charge is -2.28. The number of carbonyl (C=O) groups excluding carboxylic acids is 2. The first kappa shape index (κ1) is 18.8. The average molecular weight is 327 g/mol. The molecule has 0 aliphatic rings. The van der Waals surface area contributed by atoms with Crippen molar-refractivity contribution < 1.29 is 27.8 Å². The van der Waals surface area contributed by atoms with Gasteiger partial charge in [-0.1, -0.05) is 44.2 Å². The Bertz CT molecular complexity index is 601. The zero-order chi connectivity index (χ0) is 17.6. The van der Waals surface area contributed by atoms with E-state index in [1.54, 1.807) is 30.3 Å². The van der Waals surface area contributed by atoms with Crippen molar-refractivity contribution in [3.63, 3.8) is 0 Å². The van der Waals surface area contributed by atoms with Crippen LogP contribution in [0.2, 0.25) is 0 Å². The van der Waals surface area contributed by atoms with E-state index in [1.807, 2.05) is 0 Å². The number of carbonyl (C=O) groups is 2. The molecule has 0 aliphatic carbocycles. The maximum absolute atomic E-state index is 14.3. The minimum Gasteiger partial charge on any atom is -0.467 e. The van der Waals surface area contributed by atoms with E-state index >= 15 is 0 Å². The van der Waals surface area contributed by atoms with Crippen molar-refractivity contribution >= 4 is 11.9 Å². The van der Waals surface area contributed by atoms with Crippen molar-refractivity contribution in [2.45, 2.75) is 26.0 Å². The quantitative estimate of drug-likeness (QED) is 0.641. The zero-order valence-corrected chi connectivity index (χ0v) is 13.1. The predicted octanol–water partition coefficient (Wildman–Crippen LogP) is 2.41. The number of ether oxygens (including phenoxy) is 2. The van der Waals surface area contributed by atoms with Gasteiger partial charge in [-0.15, -0.1) is 0 Å². The number of nitrogens with two attached hydrogens (primary N) is 1. The van der Waals surface area contributed by atoms with Crippen LogP contribution in [-0.2, 0) is 25.7 Å². The first-order chi connectivity index (χ1) is 10.7. The van der Waals surface area contributed by atoms with E-state index in [-0.39, 0.29) is 6.61 Å². The van der Waals surface area contributed by atoms with Crippen LogP contribution >= 0.6 is 0 Å². The van der Waals surface area contributed by atoms with E-state index in [0.717, 1.165) is 7.11 Å². The summed E-state index contributed by atoms with van der Waals surface area (Å²) in [4.78, 5) is 23.3. The Kier molecular flexibility index (Phi) is 6.38. The van der Waals surface area contributed by atoms with Crippen LogP contribution in [0.4, 0.5) is 8.78 Å². The molecule has 0 heterocycles. The lowest BCUT2D eigenvalue weighted by Crippen LogP contribution is -2.54. The van der Waals surface area contributed by atoms with E-state index in [4.69, 9.17) is 5.73 Å². The van der Waals surface area contributed by atoms with Crippen LogP contribution in [-0.4, -0.2) is 24.6 Å². The van der Waals surface area contributed by atoms with Gasteiger partial charge in [0.2, 0.25) is 5.83 Å². The molecule has 126 valence electrons. The van der Waals surface area contributed by atoms with Crippen molar-refractivity contribution in [2.75, 3.05) is 7.11 Å². The maximum Gasteiger partial charge on any atom is 0.370 e. The third-order valence-electron chi connectivity index (χ3n) is 3.38. The summed E-state index contributed by atoms with van der Waals surface area (Å²) in [5.41, 5.74) is 3.83. The van der Waals surface area contributed by atoms with Gasteiger partial charge in [-0.3, -0.25) is 0 Å². The number of benzene rings is 1. The minimum atomic E-state index is -2.40. The maximum atomic E-state index is 14.3. The van der Waals surface area contributed by atoms with Crippen LogP contribution in [0.1, 0.15) is 19.4 Å². The van der Waals surface area contributed by atoms with Gasteiger partial charge in [0.05, 0.1) is 7.11 Å². The summed E-state index contributed by atoms with van der Waals surface area (Å²) >= 11 is 0. The molecule has 1 aromatic carbocycles. The predicted molar refractivity (Wildman–Crippen MR) is 79.3 cm³/mol. The highest BCUT2D eigenvalue weighted by molar-refractivity contribution is 5.91. The molecule has 5 nitrogen and oxygen atoms in total. The number of methoxy groups -OCH3 is 1. The Balaban J connectivity index is 2.97. The van der Waals surface area contributed by atoms with Gasteiger partial charge in [0.15, 0.2) is 11.4 Å². The van der Waals surface area contributed by atoms with Gasteiger partial charge in [0.1, 0.15) is 6.61 Å². The van der Waals surface area contributed by atoms with E-state index in [9.17, 15) is 18.4 Å². The molecule has 0 bridgehead atoms. The number of hydrogen-bond acceptors (Lipinski definition) is 5. The normalized spacial score (nSPS) is 14.7. The molecule has 0 aliphatic heterocycles. The van der Waals surface area contributed by atoms with Crippen molar-refractivity contribution in [1.82, 2.24) is 0 Å². The molecule has 1 unspecified atom stereocenters. The molecule has 0 radical (unpaired) electrons. The van der Waals surface area contributed by atoms with Crippen LogP contribution < -0.4 is 5.73 Å². The monoisotopic (exact) mass is 327 g/mol. The van der Waals surface area contributed by atoms with Crippen molar-refractivity contribution in [1.29, 1.82) is 0 Å². The molecule has 1 rings (SSSR count). The third-order valence-corrected chi connectivity index (χ3v) is 3.38. The zero-order valence-electron chi connectivity index (χ0n) is 13.1. The lowest BCUT2D eigenvalue weighted by molar-refractivity contribution is -0.148. The molecule has 1 atom stereocenters. The van der Waals surface area contributed by atoms with Crippen LogP contribution in [0.3, 0.4) is 0 Å². The molecule has 23 heavy (non-hydrogen) atoms. The van der Waals surface area contributed by atoms with Gasteiger partial charge >= 0.3 is 11.9 Å². The molecule has 1 aromatic rings. The molecule has 0 amide bonds. The van der Waals surface area contributed by atoms with Crippen molar-refractivity contribution in [2.24, 2.45) is 11.7 Å². The van der Waals surface area contributed by atoms with Gasteiger partial charge in [0, 0.05) is 0 Å². The second-order valence-corrected chi connectivity index (χ2v) is 5.20. The lowest BCUT2D eigenvalue weighted by atomic mass is 9.85. The van der Waals surface area contributed by atoms with Gasteiger partial charge in [-0.2, -0.15) is 4.39 Å². The second kappa shape index (κ2) is 7.82. The van der Waals surface area contributed by atoms with E-state index in [0.29, 0.717) is 5.56 Å². The fraction of sp³-hybridized carbons (Fsp3) is 0.375. The molecule has 2 N–H and O–H groups in total.